The third kappa shape index (κ3) is 3.11. The summed E-state index contributed by atoms with van der Waals surface area (Å²) < 4.78 is 45.3. The largest absolute Gasteiger partial charge is 0.457 e. The van der Waals surface area contributed by atoms with Crippen LogP contribution in [0.5, 0.6) is 11.5 Å². The third-order valence-corrected chi connectivity index (χ3v) is 2.85. The molecule has 1 atom stereocenters. The lowest BCUT2D eigenvalue weighted by atomic mass is 10.1. The summed E-state index contributed by atoms with van der Waals surface area (Å²) in [5.41, 5.74) is 6.54. The minimum atomic E-state index is -0.749. The maximum absolute atomic E-state index is 13.6. The average molecular weight is 281 g/mol. The summed E-state index contributed by atoms with van der Waals surface area (Å²) in [7, 11) is 0. The van der Waals surface area contributed by atoms with Crippen LogP contribution >= 0.6 is 0 Å². The molecule has 0 bridgehead atoms. The molecule has 0 spiro atoms. The second kappa shape index (κ2) is 5.54. The molecule has 2 rings (SSSR count). The highest BCUT2D eigenvalue weighted by Gasteiger charge is 2.13. The maximum Gasteiger partial charge on any atom is 0.133 e. The molecule has 5 heteroatoms. The summed E-state index contributed by atoms with van der Waals surface area (Å²) in [6.45, 7) is 3.24. The number of rotatable bonds is 3. The van der Waals surface area contributed by atoms with Crippen molar-refractivity contribution in [3.63, 3.8) is 0 Å². The minimum absolute atomic E-state index is 0.00425. The zero-order valence-electron chi connectivity index (χ0n) is 11.1. The fourth-order valence-electron chi connectivity index (χ4n) is 1.83. The highest BCUT2D eigenvalue weighted by molar-refractivity contribution is 5.42. The van der Waals surface area contributed by atoms with Crippen molar-refractivity contribution < 1.29 is 17.9 Å². The lowest BCUT2D eigenvalue weighted by molar-refractivity contribution is 0.456. The van der Waals surface area contributed by atoms with Gasteiger partial charge in [-0.05, 0) is 31.5 Å². The highest BCUT2D eigenvalue weighted by atomic mass is 19.1. The minimum Gasteiger partial charge on any atom is -0.457 e. The van der Waals surface area contributed by atoms with E-state index in [0.717, 1.165) is 18.2 Å². The summed E-state index contributed by atoms with van der Waals surface area (Å²) in [5, 5.41) is 0. The van der Waals surface area contributed by atoms with Gasteiger partial charge in [-0.3, -0.25) is 0 Å². The Labute approximate surface area is 115 Å². The highest BCUT2D eigenvalue weighted by Crippen LogP contribution is 2.31. The van der Waals surface area contributed by atoms with Crippen LogP contribution in [0.3, 0.4) is 0 Å². The molecule has 0 aromatic heterocycles. The van der Waals surface area contributed by atoms with Crippen LogP contribution < -0.4 is 10.5 Å². The topological polar surface area (TPSA) is 35.2 Å². The van der Waals surface area contributed by atoms with E-state index < -0.39 is 23.5 Å². The molecule has 0 aliphatic rings. The molecular weight excluding hydrogens is 267 g/mol. The molecule has 0 radical (unpaired) electrons. The first-order valence-corrected chi connectivity index (χ1v) is 6.06. The SMILES string of the molecule is Cc1cc(Oc2cc(F)cc(F)c2)c(C(C)N)cc1F. The standard InChI is InChI=1S/C15H14F3NO/c1-8-3-15(13(9(2)19)7-14(8)18)20-12-5-10(16)4-11(17)6-12/h3-7,9H,19H2,1-2H3. The van der Waals surface area contributed by atoms with Gasteiger partial charge in [0, 0.05) is 29.8 Å². The molecule has 0 saturated carbocycles. The Balaban J connectivity index is 2.44. The molecule has 0 aliphatic carbocycles. The first kappa shape index (κ1) is 14.4. The normalized spacial score (nSPS) is 12.3. The first-order valence-electron chi connectivity index (χ1n) is 6.06. The van der Waals surface area contributed by atoms with Gasteiger partial charge in [-0.2, -0.15) is 0 Å². The van der Waals surface area contributed by atoms with Crippen LogP contribution in [0, 0.1) is 24.4 Å². The van der Waals surface area contributed by atoms with Crippen LogP contribution in [-0.4, -0.2) is 0 Å². The predicted molar refractivity (Wildman–Crippen MR) is 70.2 cm³/mol. The summed E-state index contributed by atoms with van der Waals surface area (Å²) in [5.74, 6) is -1.63. The summed E-state index contributed by atoms with van der Waals surface area (Å²) in [6.07, 6.45) is 0. The van der Waals surface area contributed by atoms with Crippen molar-refractivity contribution >= 4 is 0 Å². The third-order valence-electron chi connectivity index (χ3n) is 2.85. The Hall–Kier alpha value is -2.01. The van der Waals surface area contributed by atoms with E-state index in [9.17, 15) is 13.2 Å². The van der Waals surface area contributed by atoms with Gasteiger partial charge in [0.05, 0.1) is 0 Å². The lowest BCUT2D eigenvalue weighted by Crippen LogP contribution is -2.08. The zero-order valence-corrected chi connectivity index (χ0v) is 11.1. The molecule has 0 heterocycles. The van der Waals surface area contributed by atoms with Gasteiger partial charge in [0.25, 0.3) is 0 Å². The molecule has 0 fully saturated rings. The summed E-state index contributed by atoms with van der Waals surface area (Å²) in [4.78, 5) is 0. The number of aryl methyl sites for hydroxylation is 1. The van der Waals surface area contributed by atoms with Crippen molar-refractivity contribution in [3.8, 4) is 11.5 Å². The second-order valence-electron chi connectivity index (χ2n) is 4.64. The molecule has 2 N–H and O–H groups in total. The molecule has 2 nitrogen and oxygen atoms in total. The summed E-state index contributed by atoms with van der Waals surface area (Å²) >= 11 is 0. The molecule has 0 saturated heterocycles. The van der Waals surface area contributed by atoms with E-state index >= 15 is 0 Å². The van der Waals surface area contributed by atoms with E-state index in [1.165, 1.54) is 12.1 Å². The van der Waals surface area contributed by atoms with Crippen molar-refractivity contribution in [2.75, 3.05) is 0 Å². The zero-order chi connectivity index (χ0) is 14.9. The Kier molecular flexibility index (Phi) is 3.99. The van der Waals surface area contributed by atoms with Crippen LogP contribution in [-0.2, 0) is 0 Å². The fraction of sp³-hybridized carbons (Fsp3) is 0.200. The van der Waals surface area contributed by atoms with Crippen molar-refractivity contribution in [3.05, 3.63) is 58.9 Å². The van der Waals surface area contributed by atoms with E-state index in [1.54, 1.807) is 13.8 Å². The number of nitrogens with two attached hydrogens (primary N) is 1. The Morgan fingerprint density at radius 2 is 1.60 bits per heavy atom. The summed E-state index contributed by atoms with van der Waals surface area (Å²) in [6, 6.07) is 5.09. The monoisotopic (exact) mass is 281 g/mol. The van der Waals surface area contributed by atoms with Crippen molar-refractivity contribution in [2.45, 2.75) is 19.9 Å². The maximum atomic E-state index is 13.6. The molecule has 0 aliphatic heterocycles. The lowest BCUT2D eigenvalue weighted by Gasteiger charge is -2.15. The van der Waals surface area contributed by atoms with Gasteiger partial charge in [0.1, 0.15) is 29.0 Å². The van der Waals surface area contributed by atoms with E-state index in [4.69, 9.17) is 10.5 Å². The predicted octanol–water partition coefficient (Wildman–Crippen LogP) is 4.22. The van der Waals surface area contributed by atoms with Gasteiger partial charge in [-0.25, -0.2) is 13.2 Å². The molecule has 2 aromatic carbocycles. The van der Waals surface area contributed by atoms with Gasteiger partial charge in [0.2, 0.25) is 0 Å². The van der Waals surface area contributed by atoms with E-state index in [1.807, 2.05) is 0 Å². The van der Waals surface area contributed by atoms with Crippen LogP contribution in [0.4, 0.5) is 13.2 Å². The number of hydrogen-bond donors (Lipinski definition) is 1. The number of halogens is 3. The molecule has 0 amide bonds. The van der Waals surface area contributed by atoms with Crippen LogP contribution in [0.15, 0.2) is 30.3 Å². The van der Waals surface area contributed by atoms with Gasteiger partial charge < -0.3 is 10.5 Å². The number of ether oxygens (including phenoxy) is 1. The number of benzene rings is 2. The quantitative estimate of drug-likeness (QED) is 0.914. The molecule has 106 valence electrons. The second-order valence-corrected chi connectivity index (χ2v) is 4.64. The van der Waals surface area contributed by atoms with E-state index in [-0.39, 0.29) is 11.5 Å². The van der Waals surface area contributed by atoms with Crippen LogP contribution in [0.2, 0.25) is 0 Å². The van der Waals surface area contributed by atoms with Gasteiger partial charge in [0.15, 0.2) is 0 Å². The fourth-order valence-corrected chi connectivity index (χ4v) is 1.83. The van der Waals surface area contributed by atoms with Gasteiger partial charge >= 0.3 is 0 Å². The Bertz CT molecular complexity index is 621. The number of hydrogen-bond acceptors (Lipinski definition) is 2. The smallest absolute Gasteiger partial charge is 0.133 e. The van der Waals surface area contributed by atoms with E-state index in [2.05, 4.69) is 0 Å². The average Bonchev–Trinajstić information content (AvgIpc) is 2.31. The molecule has 1 unspecified atom stereocenters. The Morgan fingerprint density at radius 1 is 1.00 bits per heavy atom. The Morgan fingerprint density at radius 3 is 2.15 bits per heavy atom. The van der Waals surface area contributed by atoms with Crippen LogP contribution in [0.25, 0.3) is 0 Å². The first-order chi connectivity index (χ1) is 9.36. The molecule has 2 aromatic rings. The van der Waals surface area contributed by atoms with Crippen LogP contribution in [0.1, 0.15) is 24.1 Å². The van der Waals surface area contributed by atoms with Gasteiger partial charge in [-0.1, -0.05) is 0 Å². The molecule has 20 heavy (non-hydrogen) atoms. The van der Waals surface area contributed by atoms with Crippen molar-refractivity contribution in [2.24, 2.45) is 5.73 Å². The van der Waals surface area contributed by atoms with Crippen molar-refractivity contribution in [1.29, 1.82) is 0 Å². The van der Waals surface area contributed by atoms with Crippen molar-refractivity contribution in [1.82, 2.24) is 0 Å². The van der Waals surface area contributed by atoms with Gasteiger partial charge in [-0.15, -0.1) is 0 Å². The van der Waals surface area contributed by atoms with E-state index in [0.29, 0.717) is 11.1 Å². The molecular formula is C15H14F3NO.